The fourth-order valence-electron chi connectivity index (χ4n) is 4.92. The lowest BCUT2D eigenvalue weighted by Crippen LogP contribution is -2.49. The summed E-state index contributed by atoms with van der Waals surface area (Å²) in [5.74, 6) is 0.506. The first-order chi connectivity index (χ1) is 16.8. The van der Waals surface area contributed by atoms with Gasteiger partial charge in [0.15, 0.2) is 0 Å². The smallest absolute Gasteiger partial charge is 0.270 e. The van der Waals surface area contributed by atoms with E-state index in [9.17, 15) is 9.59 Å². The van der Waals surface area contributed by atoms with Gasteiger partial charge >= 0.3 is 0 Å². The molecule has 190 valence electrons. The number of nitrogens with one attached hydrogen (secondary N) is 1. The first-order valence-electron chi connectivity index (χ1n) is 12.5. The predicted octanol–water partition coefficient (Wildman–Crippen LogP) is 2.28. The summed E-state index contributed by atoms with van der Waals surface area (Å²) in [6.07, 6.45) is 7.47. The van der Waals surface area contributed by atoms with E-state index in [1.165, 1.54) is 0 Å². The van der Waals surface area contributed by atoms with Gasteiger partial charge in [-0.3, -0.25) is 24.5 Å². The maximum atomic E-state index is 12.7. The first-order valence-corrected chi connectivity index (χ1v) is 12.5. The number of aromatic amines is 1. The standard InChI is InChI=1S/C26H38N6O3/c1-26(15-35-16-26)14-31(3)25(34)20-8-7-18(29-20)6-5-10-28-17-32(4)23(9-11-27-2)22-13-24(33)19-12-21(19)30-22/h7-8,10-11,19,21,23,29H,5-6,9,12-17H2,1-4H3. The van der Waals surface area contributed by atoms with E-state index in [-0.39, 0.29) is 29.3 Å². The van der Waals surface area contributed by atoms with Gasteiger partial charge in [0, 0.05) is 68.6 Å². The Morgan fingerprint density at radius 2 is 2.14 bits per heavy atom. The molecule has 1 N–H and O–H groups in total. The number of carbonyl (C=O) groups is 2. The largest absolute Gasteiger partial charge is 0.380 e. The molecule has 1 aromatic heterocycles. The molecule has 3 aliphatic rings. The summed E-state index contributed by atoms with van der Waals surface area (Å²) in [6.45, 7) is 4.77. The summed E-state index contributed by atoms with van der Waals surface area (Å²) >= 11 is 0. The minimum absolute atomic E-state index is 0.00274. The highest BCUT2D eigenvalue weighted by Crippen LogP contribution is 2.39. The molecule has 1 saturated heterocycles. The Bertz CT molecular complexity index is 1010. The van der Waals surface area contributed by atoms with Crippen LogP contribution in [-0.4, -0.2) is 104 Å². The average Bonchev–Trinajstić information content (AvgIpc) is 3.46. The topological polar surface area (TPSA) is 103 Å². The Morgan fingerprint density at radius 1 is 1.34 bits per heavy atom. The molecule has 9 nitrogen and oxygen atoms in total. The van der Waals surface area contributed by atoms with Gasteiger partial charge in [-0.1, -0.05) is 6.92 Å². The second-order valence-electron chi connectivity index (χ2n) is 10.5. The van der Waals surface area contributed by atoms with Crippen molar-refractivity contribution in [2.24, 2.45) is 26.3 Å². The minimum atomic E-state index is 0.00274. The van der Waals surface area contributed by atoms with E-state index in [1.54, 1.807) is 11.9 Å². The number of ketones is 1. The SMILES string of the molecule is CN=CCC(C1=NC2CC2C(=O)C1)N(C)CN=CCCc1ccc(C(=O)N(C)CC2(C)COC2)[nH]1. The van der Waals surface area contributed by atoms with Crippen LogP contribution in [0.25, 0.3) is 0 Å². The van der Waals surface area contributed by atoms with Crippen molar-refractivity contribution in [1.29, 1.82) is 0 Å². The number of amides is 1. The summed E-state index contributed by atoms with van der Waals surface area (Å²) in [6, 6.07) is 4.08. The van der Waals surface area contributed by atoms with Gasteiger partial charge in [0.1, 0.15) is 11.5 Å². The molecule has 1 saturated carbocycles. The van der Waals surface area contributed by atoms with E-state index < -0.39 is 0 Å². The molecule has 2 fully saturated rings. The van der Waals surface area contributed by atoms with Crippen molar-refractivity contribution in [3.63, 3.8) is 0 Å². The van der Waals surface area contributed by atoms with Gasteiger partial charge in [-0.25, -0.2) is 0 Å². The van der Waals surface area contributed by atoms with Gasteiger partial charge in [0.2, 0.25) is 0 Å². The van der Waals surface area contributed by atoms with E-state index >= 15 is 0 Å². The number of aliphatic imine (C=N–C) groups is 3. The Morgan fingerprint density at radius 3 is 2.83 bits per heavy atom. The third-order valence-corrected chi connectivity index (χ3v) is 7.11. The molecule has 3 atom stereocenters. The van der Waals surface area contributed by atoms with Crippen LogP contribution in [0, 0.1) is 11.3 Å². The van der Waals surface area contributed by atoms with Crippen LogP contribution in [0.1, 0.15) is 48.8 Å². The highest BCUT2D eigenvalue weighted by molar-refractivity contribution is 6.09. The Labute approximate surface area is 207 Å². The highest BCUT2D eigenvalue weighted by atomic mass is 16.5. The molecule has 0 spiro atoms. The molecule has 2 aliphatic heterocycles. The quantitative estimate of drug-likeness (QED) is 0.462. The number of hydrogen-bond acceptors (Lipinski definition) is 7. The number of rotatable bonds is 12. The normalized spacial score (nSPS) is 23.9. The summed E-state index contributed by atoms with van der Waals surface area (Å²) in [5.41, 5.74) is 2.67. The van der Waals surface area contributed by atoms with Gasteiger partial charge in [0.05, 0.1) is 32.0 Å². The second-order valence-corrected chi connectivity index (χ2v) is 10.5. The van der Waals surface area contributed by atoms with Crippen LogP contribution in [0.4, 0.5) is 0 Å². The van der Waals surface area contributed by atoms with E-state index in [4.69, 9.17) is 9.73 Å². The molecule has 0 bridgehead atoms. The Kier molecular flexibility index (Phi) is 7.96. The van der Waals surface area contributed by atoms with Gasteiger partial charge in [0.25, 0.3) is 5.91 Å². The zero-order chi connectivity index (χ0) is 25.0. The van der Waals surface area contributed by atoms with Crippen LogP contribution >= 0.6 is 0 Å². The Balaban J connectivity index is 1.24. The summed E-state index contributed by atoms with van der Waals surface area (Å²) in [7, 11) is 5.63. The zero-order valence-corrected chi connectivity index (χ0v) is 21.4. The van der Waals surface area contributed by atoms with Crippen molar-refractivity contribution in [3.05, 3.63) is 23.5 Å². The number of H-pyrrole nitrogens is 1. The van der Waals surface area contributed by atoms with Crippen LogP contribution in [0.3, 0.4) is 0 Å². The fraction of sp³-hybridized carbons (Fsp3) is 0.654. The van der Waals surface area contributed by atoms with Crippen molar-refractivity contribution < 1.29 is 14.3 Å². The molecular formula is C26H38N6O3. The number of aromatic nitrogens is 1. The van der Waals surface area contributed by atoms with E-state index in [0.717, 1.165) is 37.1 Å². The Hall–Kier alpha value is -2.65. The molecular weight excluding hydrogens is 444 g/mol. The van der Waals surface area contributed by atoms with E-state index in [2.05, 4.69) is 26.8 Å². The molecule has 0 radical (unpaired) electrons. The fourth-order valence-corrected chi connectivity index (χ4v) is 4.92. The van der Waals surface area contributed by atoms with Gasteiger partial charge in [-0.2, -0.15) is 0 Å². The van der Waals surface area contributed by atoms with Crippen molar-refractivity contribution in [2.45, 2.75) is 51.1 Å². The molecule has 9 heteroatoms. The molecule has 35 heavy (non-hydrogen) atoms. The van der Waals surface area contributed by atoms with E-state index in [1.807, 2.05) is 38.7 Å². The highest BCUT2D eigenvalue weighted by Gasteiger charge is 2.47. The summed E-state index contributed by atoms with van der Waals surface area (Å²) < 4.78 is 5.29. The lowest BCUT2D eigenvalue weighted by Gasteiger charge is -2.40. The number of nitrogens with zero attached hydrogens (tertiary/aromatic N) is 5. The zero-order valence-electron chi connectivity index (χ0n) is 21.4. The molecule has 0 aromatic carbocycles. The summed E-state index contributed by atoms with van der Waals surface area (Å²) in [4.78, 5) is 45.7. The minimum Gasteiger partial charge on any atom is -0.380 e. The van der Waals surface area contributed by atoms with Crippen molar-refractivity contribution in [3.8, 4) is 0 Å². The van der Waals surface area contributed by atoms with Crippen LogP contribution in [0.5, 0.6) is 0 Å². The number of carbonyl (C=O) groups excluding carboxylic acids is 2. The van der Waals surface area contributed by atoms with Crippen LogP contribution < -0.4 is 0 Å². The second kappa shape index (κ2) is 11.0. The maximum Gasteiger partial charge on any atom is 0.270 e. The molecule has 1 aromatic rings. The van der Waals surface area contributed by atoms with Gasteiger partial charge < -0.3 is 19.6 Å². The van der Waals surface area contributed by atoms with Crippen molar-refractivity contribution in [2.75, 3.05) is 47.6 Å². The van der Waals surface area contributed by atoms with Crippen molar-refractivity contribution >= 4 is 29.8 Å². The molecule has 3 unspecified atom stereocenters. The lowest BCUT2D eigenvalue weighted by atomic mass is 9.88. The number of hydrogen-bond donors (Lipinski definition) is 1. The monoisotopic (exact) mass is 482 g/mol. The van der Waals surface area contributed by atoms with Crippen molar-refractivity contribution in [1.82, 2.24) is 14.8 Å². The van der Waals surface area contributed by atoms with Crippen LogP contribution in [0.15, 0.2) is 27.1 Å². The molecule has 4 rings (SSSR count). The maximum absolute atomic E-state index is 12.7. The van der Waals surface area contributed by atoms with Gasteiger partial charge in [-0.15, -0.1) is 0 Å². The molecule has 1 amide bonds. The lowest BCUT2D eigenvalue weighted by molar-refractivity contribution is -0.119. The van der Waals surface area contributed by atoms with Crippen LogP contribution in [-0.2, 0) is 16.0 Å². The third kappa shape index (κ3) is 6.32. The number of Topliss-reactive ketones (excluding diaryl/α,β-unsaturated/α-hetero) is 1. The third-order valence-electron chi connectivity index (χ3n) is 7.11. The number of fused-ring (bicyclic) bond motifs is 1. The van der Waals surface area contributed by atoms with Gasteiger partial charge in [-0.05, 0) is 38.4 Å². The van der Waals surface area contributed by atoms with E-state index in [0.29, 0.717) is 44.3 Å². The number of ether oxygens (including phenoxy) is 1. The molecule has 3 heterocycles. The number of aryl methyl sites for hydroxylation is 1. The summed E-state index contributed by atoms with van der Waals surface area (Å²) in [5, 5.41) is 0. The average molecular weight is 483 g/mol. The van der Waals surface area contributed by atoms with Crippen LogP contribution in [0.2, 0.25) is 0 Å². The predicted molar refractivity (Wildman–Crippen MR) is 138 cm³/mol. The molecule has 1 aliphatic carbocycles. The first kappa shape index (κ1) is 25.4.